The molecule has 4 rings (SSSR count). The van der Waals surface area contributed by atoms with Gasteiger partial charge in [0.2, 0.25) is 10.0 Å². The number of carbonyl (C=O) groups is 1. The highest BCUT2D eigenvalue weighted by Crippen LogP contribution is 2.41. The second kappa shape index (κ2) is 7.70. The summed E-state index contributed by atoms with van der Waals surface area (Å²) in [6.45, 7) is 9.31. The highest BCUT2D eigenvalue weighted by Gasteiger charge is 2.34. The fourth-order valence-electron chi connectivity index (χ4n) is 4.49. The number of anilines is 1. The van der Waals surface area contributed by atoms with Crippen molar-refractivity contribution in [1.82, 2.24) is 9.21 Å². The van der Waals surface area contributed by atoms with Crippen LogP contribution in [0.4, 0.5) is 5.69 Å². The number of sulfonamides is 1. The monoisotopic (exact) mass is 415 g/mol. The molecule has 1 saturated heterocycles. The molecule has 0 radical (unpaired) electrons. The molecule has 0 spiro atoms. The number of benzene rings is 2. The van der Waals surface area contributed by atoms with E-state index in [4.69, 9.17) is 0 Å². The summed E-state index contributed by atoms with van der Waals surface area (Å²) in [5.74, 6) is 0.690. The second-order valence-corrected chi connectivity index (χ2v) is 9.98. The quantitative estimate of drug-likeness (QED) is 0.724. The van der Waals surface area contributed by atoms with E-state index in [-0.39, 0.29) is 10.8 Å². The van der Waals surface area contributed by atoms with Crippen LogP contribution in [-0.4, -0.2) is 56.4 Å². The lowest BCUT2D eigenvalue weighted by Gasteiger charge is -2.33. The van der Waals surface area contributed by atoms with Gasteiger partial charge in [-0.15, -0.1) is 0 Å². The van der Waals surface area contributed by atoms with Gasteiger partial charge in [0.1, 0.15) is 0 Å². The van der Waals surface area contributed by atoms with Crippen LogP contribution in [-0.2, 0) is 10.0 Å². The van der Waals surface area contributed by atoms with Gasteiger partial charge in [0.05, 0.1) is 17.3 Å². The standard InChI is InChI=1S/C22H29N3O3S/c1-4-24(5-2)29(27,28)20-10-9-19-21-17(20)7-6-8-18(21)22(26)25(19)15-23-13-11-16(3)12-14-23/h6-10,16H,4-5,11-15H2,1-3H3. The average Bonchev–Trinajstić information content (AvgIpc) is 2.98. The topological polar surface area (TPSA) is 60.9 Å². The summed E-state index contributed by atoms with van der Waals surface area (Å²) in [6.07, 6.45) is 2.29. The molecule has 1 amide bonds. The lowest BCUT2D eigenvalue weighted by molar-refractivity contribution is 0.0963. The molecule has 0 aromatic heterocycles. The number of rotatable bonds is 6. The first-order chi connectivity index (χ1) is 13.9. The van der Waals surface area contributed by atoms with Crippen molar-refractivity contribution in [2.24, 2.45) is 5.92 Å². The average molecular weight is 416 g/mol. The Morgan fingerprint density at radius 2 is 1.76 bits per heavy atom. The van der Waals surface area contributed by atoms with Crippen LogP contribution < -0.4 is 4.90 Å². The lowest BCUT2D eigenvalue weighted by Crippen LogP contribution is -2.43. The van der Waals surface area contributed by atoms with Crippen LogP contribution in [0.5, 0.6) is 0 Å². The molecule has 2 aromatic rings. The molecule has 7 heteroatoms. The van der Waals surface area contributed by atoms with Gasteiger partial charge in [-0.25, -0.2) is 8.42 Å². The molecular weight excluding hydrogens is 386 g/mol. The largest absolute Gasteiger partial charge is 0.294 e. The van der Waals surface area contributed by atoms with E-state index in [2.05, 4.69) is 11.8 Å². The molecule has 0 aliphatic carbocycles. The van der Waals surface area contributed by atoms with Crippen molar-refractivity contribution in [2.75, 3.05) is 37.7 Å². The van der Waals surface area contributed by atoms with Gasteiger partial charge in [-0.3, -0.25) is 14.6 Å². The Hall–Kier alpha value is -1.96. The molecule has 2 heterocycles. The normalized spacial score (nSPS) is 18.3. The molecule has 0 unspecified atom stereocenters. The zero-order valence-electron chi connectivity index (χ0n) is 17.4. The third-order valence-electron chi connectivity index (χ3n) is 6.29. The summed E-state index contributed by atoms with van der Waals surface area (Å²) in [4.78, 5) is 17.6. The highest BCUT2D eigenvalue weighted by molar-refractivity contribution is 7.89. The molecule has 2 aliphatic heterocycles. The smallest absolute Gasteiger partial charge is 0.260 e. The van der Waals surface area contributed by atoms with Gasteiger partial charge < -0.3 is 0 Å². The summed E-state index contributed by atoms with van der Waals surface area (Å²) in [5.41, 5.74) is 1.41. The van der Waals surface area contributed by atoms with Crippen molar-refractivity contribution in [3.8, 4) is 0 Å². The van der Waals surface area contributed by atoms with E-state index in [1.54, 1.807) is 24.3 Å². The number of amides is 1. The van der Waals surface area contributed by atoms with E-state index in [0.717, 1.165) is 42.9 Å². The van der Waals surface area contributed by atoms with E-state index in [0.29, 0.717) is 30.7 Å². The summed E-state index contributed by atoms with van der Waals surface area (Å²) in [7, 11) is -3.61. The molecule has 0 atom stereocenters. The SMILES string of the molecule is CCN(CC)S(=O)(=O)c1ccc2c3c(cccc13)C(=O)N2CN1CCC(C)CC1. The van der Waals surface area contributed by atoms with Crippen molar-refractivity contribution < 1.29 is 13.2 Å². The maximum absolute atomic E-state index is 13.2. The Balaban J connectivity index is 1.76. The summed E-state index contributed by atoms with van der Waals surface area (Å²) >= 11 is 0. The molecule has 0 bridgehead atoms. The van der Waals surface area contributed by atoms with E-state index in [1.165, 1.54) is 4.31 Å². The van der Waals surface area contributed by atoms with E-state index in [1.807, 2.05) is 24.8 Å². The fourth-order valence-corrected chi connectivity index (χ4v) is 6.14. The fraction of sp³-hybridized carbons (Fsp3) is 0.500. The number of hydrogen-bond donors (Lipinski definition) is 0. The number of likely N-dealkylation sites (tertiary alicyclic amines) is 1. The van der Waals surface area contributed by atoms with E-state index < -0.39 is 10.0 Å². The minimum Gasteiger partial charge on any atom is -0.294 e. The number of carbonyl (C=O) groups excluding carboxylic acids is 1. The molecular formula is C22H29N3O3S. The maximum atomic E-state index is 13.2. The van der Waals surface area contributed by atoms with Crippen molar-refractivity contribution in [3.05, 3.63) is 35.9 Å². The molecule has 2 aliphatic rings. The number of piperidine rings is 1. The first-order valence-electron chi connectivity index (χ1n) is 10.5. The zero-order chi connectivity index (χ0) is 20.8. The van der Waals surface area contributed by atoms with Gasteiger partial charge >= 0.3 is 0 Å². The molecule has 0 N–H and O–H groups in total. The second-order valence-electron chi connectivity index (χ2n) is 8.08. The van der Waals surface area contributed by atoms with Gasteiger partial charge in [0.15, 0.2) is 0 Å². The Kier molecular flexibility index (Phi) is 5.40. The van der Waals surface area contributed by atoms with Crippen LogP contribution >= 0.6 is 0 Å². The predicted octanol–water partition coefficient (Wildman–Crippen LogP) is 3.52. The van der Waals surface area contributed by atoms with Gasteiger partial charge in [0.25, 0.3) is 5.91 Å². The number of nitrogens with zero attached hydrogens (tertiary/aromatic N) is 3. The van der Waals surface area contributed by atoms with Gasteiger partial charge in [0, 0.05) is 42.5 Å². The Bertz CT molecular complexity index is 1040. The van der Waals surface area contributed by atoms with Gasteiger partial charge in [-0.05, 0) is 37.0 Å². The minimum absolute atomic E-state index is 0.0402. The van der Waals surface area contributed by atoms with Crippen molar-refractivity contribution in [1.29, 1.82) is 0 Å². The first kappa shape index (κ1) is 20.3. The van der Waals surface area contributed by atoms with Crippen LogP contribution in [0.1, 0.15) is 44.0 Å². The first-order valence-corrected chi connectivity index (χ1v) is 11.9. The predicted molar refractivity (Wildman–Crippen MR) is 116 cm³/mol. The third-order valence-corrected chi connectivity index (χ3v) is 8.39. The lowest BCUT2D eigenvalue weighted by atomic mass is 10.00. The van der Waals surface area contributed by atoms with Crippen LogP contribution in [0.15, 0.2) is 35.2 Å². The molecule has 2 aromatic carbocycles. The molecule has 156 valence electrons. The maximum Gasteiger partial charge on any atom is 0.260 e. The molecule has 29 heavy (non-hydrogen) atoms. The van der Waals surface area contributed by atoms with Crippen LogP contribution in [0.25, 0.3) is 10.8 Å². The van der Waals surface area contributed by atoms with Crippen molar-refractivity contribution in [2.45, 2.75) is 38.5 Å². The summed E-state index contributed by atoms with van der Waals surface area (Å²) in [5, 5.41) is 1.39. The zero-order valence-corrected chi connectivity index (χ0v) is 18.2. The third kappa shape index (κ3) is 3.35. The molecule has 1 fully saturated rings. The van der Waals surface area contributed by atoms with Crippen LogP contribution in [0, 0.1) is 5.92 Å². The van der Waals surface area contributed by atoms with E-state index in [9.17, 15) is 13.2 Å². The van der Waals surface area contributed by atoms with Gasteiger partial charge in [-0.1, -0.05) is 32.9 Å². The highest BCUT2D eigenvalue weighted by atomic mass is 32.2. The minimum atomic E-state index is -3.61. The molecule has 0 saturated carbocycles. The van der Waals surface area contributed by atoms with Crippen LogP contribution in [0.3, 0.4) is 0 Å². The number of hydrogen-bond acceptors (Lipinski definition) is 4. The summed E-state index contributed by atoms with van der Waals surface area (Å²) < 4.78 is 27.8. The summed E-state index contributed by atoms with van der Waals surface area (Å²) in [6, 6.07) is 8.88. The Labute approximate surface area is 173 Å². The van der Waals surface area contributed by atoms with Gasteiger partial charge in [-0.2, -0.15) is 4.31 Å². The van der Waals surface area contributed by atoms with Crippen LogP contribution in [0.2, 0.25) is 0 Å². The Morgan fingerprint density at radius 1 is 1.07 bits per heavy atom. The Morgan fingerprint density at radius 3 is 2.41 bits per heavy atom. The molecule has 6 nitrogen and oxygen atoms in total. The van der Waals surface area contributed by atoms with Crippen molar-refractivity contribution in [3.63, 3.8) is 0 Å². The van der Waals surface area contributed by atoms with E-state index >= 15 is 0 Å². The van der Waals surface area contributed by atoms with Crippen molar-refractivity contribution >= 4 is 32.4 Å².